The van der Waals surface area contributed by atoms with Gasteiger partial charge in [0.15, 0.2) is 0 Å². The van der Waals surface area contributed by atoms with Crippen LogP contribution in [0.3, 0.4) is 0 Å². The standard InChI is InChI=1S/C21H25N3O5/c1-20(2)21(11-13(21)12-28-20)23-19(26)22-16-14-5-3-4-6-15(14)29-17(16)18(25)24-7-9-27-10-8-24/h3-6,13H,7-12H2,1-2H3,(H2,22,23,26). The van der Waals surface area contributed by atoms with Crippen molar-refractivity contribution >= 4 is 28.6 Å². The van der Waals surface area contributed by atoms with Gasteiger partial charge in [-0.3, -0.25) is 4.79 Å². The van der Waals surface area contributed by atoms with E-state index in [1.54, 1.807) is 11.0 Å². The van der Waals surface area contributed by atoms with E-state index in [-0.39, 0.29) is 23.2 Å². The van der Waals surface area contributed by atoms with Crippen LogP contribution in [0.1, 0.15) is 30.8 Å². The molecule has 2 atom stereocenters. The fraction of sp³-hybridized carbons (Fsp3) is 0.524. The van der Waals surface area contributed by atoms with Crippen molar-refractivity contribution < 1.29 is 23.5 Å². The molecule has 1 saturated carbocycles. The number of anilines is 1. The van der Waals surface area contributed by atoms with Gasteiger partial charge in [-0.25, -0.2) is 4.79 Å². The maximum atomic E-state index is 13.1. The summed E-state index contributed by atoms with van der Waals surface area (Å²) in [5.41, 5.74) is 0.191. The molecule has 8 nitrogen and oxygen atoms in total. The second kappa shape index (κ2) is 6.47. The Bertz CT molecular complexity index is 978. The summed E-state index contributed by atoms with van der Waals surface area (Å²) < 4.78 is 17.0. The van der Waals surface area contributed by atoms with Crippen molar-refractivity contribution in [3.8, 4) is 0 Å². The summed E-state index contributed by atoms with van der Waals surface area (Å²) in [6, 6.07) is 6.97. The number of carbonyl (C=O) groups excluding carboxylic acids is 2. The van der Waals surface area contributed by atoms with E-state index in [1.807, 2.05) is 32.0 Å². The van der Waals surface area contributed by atoms with Crippen LogP contribution in [0.2, 0.25) is 0 Å². The van der Waals surface area contributed by atoms with Gasteiger partial charge < -0.3 is 29.4 Å². The molecule has 2 saturated heterocycles. The van der Waals surface area contributed by atoms with E-state index in [0.717, 1.165) is 6.42 Å². The van der Waals surface area contributed by atoms with Crippen molar-refractivity contribution in [1.82, 2.24) is 10.2 Å². The highest BCUT2D eigenvalue weighted by Crippen LogP contribution is 2.57. The topological polar surface area (TPSA) is 93.0 Å². The van der Waals surface area contributed by atoms with E-state index >= 15 is 0 Å². The monoisotopic (exact) mass is 399 g/mol. The van der Waals surface area contributed by atoms with Gasteiger partial charge >= 0.3 is 6.03 Å². The SMILES string of the molecule is CC1(C)OCC2CC21NC(=O)Nc1c(C(=O)N2CCOCC2)oc2ccccc12. The normalized spacial score (nSPS) is 27.5. The molecule has 0 bridgehead atoms. The number of carbonyl (C=O) groups is 2. The number of hydrogen-bond acceptors (Lipinski definition) is 5. The van der Waals surface area contributed by atoms with Gasteiger partial charge in [-0.05, 0) is 32.4 Å². The molecule has 3 heterocycles. The predicted molar refractivity (Wildman–Crippen MR) is 106 cm³/mol. The molecule has 2 aromatic rings. The maximum absolute atomic E-state index is 13.1. The molecule has 3 aliphatic rings. The van der Waals surface area contributed by atoms with Crippen molar-refractivity contribution in [2.45, 2.75) is 31.4 Å². The molecule has 154 valence electrons. The van der Waals surface area contributed by atoms with Crippen molar-refractivity contribution in [3.63, 3.8) is 0 Å². The highest BCUT2D eigenvalue weighted by molar-refractivity contribution is 6.10. The molecule has 2 N–H and O–H groups in total. The molecule has 2 aliphatic heterocycles. The van der Waals surface area contributed by atoms with Gasteiger partial charge in [0, 0.05) is 24.4 Å². The van der Waals surface area contributed by atoms with E-state index in [2.05, 4.69) is 10.6 Å². The van der Waals surface area contributed by atoms with Crippen LogP contribution in [0.15, 0.2) is 28.7 Å². The number of morpholine rings is 1. The third-order valence-corrected chi connectivity index (χ3v) is 6.49. The number of urea groups is 1. The lowest BCUT2D eigenvalue weighted by atomic mass is 9.96. The number of amides is 3. The highest BCUT2D eigenvalue weighted by atomic mass is 16.5. The lowest BCUT2D eigenvalue weighted by Crippen LogP contribution is -2.52. The average molecular weight is 399 g/mol. The summed E-state index contributed by atoms with van der Waals surface area (Å²) in [4.78, 5) is 27.7. The summed E-state index contributed by atoms with van der Waals surface area (Å²) >= 11 is 0. The Morgan fingerprint density at radius 1 is 1.17 bits per heavy atom. The molecule has 0 spiro atoms. The van der Waals surface area contributed by atoms with E-state index < -0.39 is 5.60 Å². The third kappa shape index (κ3) is 2.89. The van der Waals surface area contributed by atoms with Gasteiger partial charge in [0.2, 0.25) is 5.76 Å². The molecule has 1 aliphatic carbocycles. The fourth-order valence-corrected chi connectivity index (χ4v) is 4.59. The van der Waals surface area contributed by atoms with Crippen molar-refractivity contribution in [2.75, 3.05) is 38.2 Å². The number of fused-ring (bicyclic) bond motifs is 2. The highest BCUT2D eigenvalue weighted by Gasteiger charge is 2.69. The quantitative estimate of drug-likeness (QED) is 0.828. The summed E-state index contributed by atoms with van der Waals surface area (Å²) in [7, 11) is 0. The number of nitrogens with zero attached hydrogens (tertiary/aromatic N) is 1. The molecule has 1 aromatic carbocycles. The van der Waals surface area contributed by atoms with Gasteiger partial charge in [0.25, 0.3) is 5.91 Å². The molecule has 2 unspecified atom stereocenters. The minimum Gasteiger partial charge on any atom is -0.449 e. The number of benzene rings is 1. The zero-order valence-corrected chi connectivity index (χ0v) is 16.6. The first-order valence-electron chi connectivity index (χ1n) is 10.0. The Balaban J connectivity index is 1.43. The smallest absolute Gasteiger partial charge is 0.319 e. The van der Waals surface area contributed by atoms with Gasteiger partial charge in [0.05, 0.1) is 31.0 Å². The van der Waals surface area contributed by atoms with Crippen LogP contribution in [0.4, 0.5) is 10.5 Å². The zero-order chi connectivity index (χ0) is 20.2. The summed E-state index contributed by atoms with van der Waals surface area (Å²) in [5.74, 6) is 0.237. The molecule has 1 aromatic heterocycles. The van der Waals surface area contributed by atoms with Gasteiger partial charge in [0.1, 0.15) is 11.3 Å². The third-order valence-electron chi connectivity index (χ3n) is 6.49. The Morgan fingerprint density at radius 2 is 1.93 bits per heavy atom. The molecular formula is C21H25N3O5. The Kier molecular flexibility index (Phi) is 4.11. The van der Waals surface area contributed by atoms with E-state index in [0.29, 0.717) is 55.5 Å². The lowest BCUT2D eigenvalue weighted by molar-refractivity contribution is -0.00668. The summed E-state index contributed by atoms with van der Waals surface area (Å²) in [6.07, 6.45) is 0.902. The molecule has 5 rings (SSSR count). The Morgan fingerprint density at radius 3 is 2.62 bits per heavy atom. The predicted octanol–water partition coefficient (Wildman–Crippen LogP) is 2.59. The number of para-hydroxylation sites is 1. The zero-order valence-electron chi connectivity index (χ0n) is 16.6. The summed E-state index contributed by atoms with van der Waals surface area (Å²) in [5, 5.41) is 6.70. The van der Waals surface area contributed by atoms with E-state index in [1.165, 1.54) is 0 Å². The van der Waals surface area contributed by atoms with Crippen molar-refractivity contribution in [1.29, 1.82) is 0 Å². The minimum absolute atomic E-state index is 0.148. The molecule has 3 amide bonds. The van der Waals surface area contributed by atoms with E-state index in [4.69, 9.17) is 13.9 Å². The molecule has 3 fully saturated rings. The number of ether oxygens (including phenoxy) is 2. The first kappa shape index (κ1) is 18.4. The molecular weight excluding hydrogens is 374 g/mol. The van der Waals surface area contributed by atoms with Crippen LogP contribution in [-0.2, 0) is 9.47 Å². The average Bonchev–Trinajstić information content (AvgIpc) is 3.24. The van der Waals surface area contributed by atoms with Crippen LogP contribution in [0.25, 0.3) is 11.0 Å². The van der Waals surface area contributed by atoms with Gasteiger partial charge in [-0.1, -0.05) is 12.1 Å². The first-order chi connectivity index (χ1) is 13.9. The summed E-state index contributed by atoms with van der Waals surface area (Å²) in [6.45, 7) is 6.64. The maximum Gasteiger partial charge on any atom is 0.319 e. The number of nitrogens with one attached hydrogen (secondary N) is 2. The minimum atomic E-state index is -0.417. The van der Waals surface area contributed by atoms with Crippen LogP contribution in [0.5, 0.6) is 0 Å². The number of furan rings is 1. The molecule has 0 radical (unpaired) electrons. The van der Waals surface area contributed by atoms with Crippen LogP contribution >= 0.6 is 0 Å². The van der Waals surface area contributed by atoms with Gasteiger partial charge in [-0.2, -0.15) is 0 Å². The van der Waals surface area contributed by atoms with E-state index in [9.17, 15) is 9.59 Å². The lowest BCUT2D eigenvalue weighted by Gasteiger charge is -2.31. The van der Waals surface area contributed by atoms with Crippen molar-refractivity contribution in [3.05, 3.63) is 30.0 Å². The first-order valence-corrected chi connectivity index (χ1v) is 10.0. The largest absolute Gasteiger partial charge is 0.449 e. The van der Waals surface area contributed by atoms with Crippen LogP contribution < -0.4 is 10.6 Å². The van der Waals surface area contributed by atoms with Gasteiger partial charge in [-0.15, -0.1) is 0 Å². The number of hydrogen-bond donors (Lipinski definition) is 2. The Hall–Kier alpha value is -2.58. The second-order valence-corrected chi connectivity index (χ2v) is 8.48. The second-order valence-electron chi connectivity index (χ2n) is 8.48. The molecule has 29 heavy (non-hydrogen) atoms. The van der Waals surface area contributed by atoms with Crippen LogP contribution in [0, 0.1) is 5.92 Å². The van der Waals surface area contributed by atoms with Crippen molar-refractivity contribution in [2.24, 2.45) is 5.92 Å². The molecule has 8 heteroatoms. The fourth-order valence-electron chi connectivity index (χ4n) is 4.59. The van der Waals surface area contributed by atoms with Crippen LogP contribution in [-0.4, -0.2) is 60.9 Å². The Labute approximate surface area is 168 Å². The number of rotatable bonds is 3.